The van der Waals surface area contributed by atoms with Crippen LogP contribution in [0.15, 0.2) is 22.8 Å². The molecular formula is C14H19N3O2. The zero-order chi connectivity index (χ0) is 13.7. The smallest absolute Gasteiger partial charge is 0.237 e. The number of nitrogens with zero attached hydrogens (tertiary/aromatic N) is 2. The van der Waals surface area contributed by atoms with Crippen molar-refractivity contribution in [3.05, 3.63) is 24.2 Å². The summed E-state index contributed by atoms with van der Waals surface area (Å²) in [6, 6.07) is 5.48. The Morgan fingerprint density at radius 3 is 3.21 bits per heavy atom. The molecule has 1 aliphatic heterocycles. The summed E-state index contributed by atoms with van der Waals surface area (Å²) in [6.07, 6.45) is 4.55. The highest BCUT2D eigenvalue weighted by Gasteiger charge is 2.30. The SMILES string of the molecule is CC(C(=O)NCc1ccco1)N1CCCCC1C#N. The van der Waals surface area contributed by atoms with E-state index in [1.165, 1.54) is 0 Å². The fourth-order valence-corrected chi connectivity index (χ4v) is 2.44. The zero-order valence-corrected chi connectivity index (χ0v) is 11.1. The van der Waals surface area contributed by atoms with Crippen LogP contribution in [0.25, 0.3) is 0 Å². The van der Waals surface area contributed by atoms with Crippen LogP contribution < -0.4 is 5.32 Å². The topological polar surface area (TPSA) is 69.3 Å². The first kappa shape index (κ1) is 13.6. The number of hydrogen-bond donors (Lipinski definition) is 1. The van der Waals surface area contributed by atoms with Gasteiger partial charge in [-0.25, -0.2) is 0 Å². The zero-order valence-electron chi connectivity index (χ0n) is 11.1. The van der Waals surface area contributed by atoms with Gasteiger partial charge in [-0.15, -0.1) is 0 Å². The molecule has 2 rings (SSSR count). The van der Waals surface area contributed by atoms with Crippen LogP contribution in [-0.2, 0) is 11.3 Å². The van der Waals surface area contributed by atoms with Crippen LogP contribution in [0.3, 0.4) is 0 Å². The molecular weight excluding hydrogens is 242 g/mol. The summed E-state index contributed by atoms with van der Waals surface area (Å²) in [4.78, 5) is 14.1. The van der Waals surface area contributed by atoms with Crippen molar-refractivity contribution in [3.8, 4) is 6.07 Å². The Bertz CT molecular complexity index is 450. The van der Waals surface area contributed by atoms with Crippen LogP contribution in [0.5, 0.6) is 0 Å². The summed E-state index contributed by atoms with van der Waals surface area (Å²) in [7, 11) is 0. The number of carbonyl (C=O) groups excluding carboxylic acids is 1. The number of rotatable bonds is 4. The third kappa shape index (κ3) is 3.36. The molecule has 0 saturated carbocycles. The average molecular weight is 261 g/mol. The summed E-state index contributed by atoms with van der Waals surface area (Å²) in [5, 5.41) is 12.0. The molecule has 1 amide bonds. The average Bonchev–Trinajstić information content (AvgIpc) is 2.97. The normalized spacial score (nSPS) is 21.6. The molecule has 1 N–H and O–H groups in total. The van der Waals surface area contributed by atoms with Gasteiger partial charge in [0.05, 0.1) is 31.0 Å². The van der Waals surface area contributed by atoms with Crippen LogP contribution >= 0.6 is 0 Å². The van der Waals surface area contributed by atoms with Crippen molar-refractivity contribution in [1.82, 2.24) is 10.2 Å². The Morgan fingerprint density at radius 1 is 1.68 bits per heavy atom. The number of nitriles is 1. The van der Waals surface area contributed by atoms with E-state index in [-0.39, 0.29) is 18.0 Å². The summed E-state index contributed by atoms with van der Waals surface area (Å²) in [5.41, 5.74) is 0. The van der Waals surface area contributed by atoms with Crippen molar-refractivity contribution in [2.45, 2.75) is 44.8 Å². The van der Waals surface area contributed by atoms with Crippen LogP contribution in [0, 0.1) is 11.3 Å². The molecule has 2 atom stereocenters. The first-order chi connectivity index (χ1) is 9.22. The Hall–Kier alpha value is -1.80. The summed E-state index contributed by atoms with van der Waals surface area (Å²) < 4.78 is 5.17. The van der Waals surface area contributed by atoms with E-state index in [2.05, 4.69) is 11.4 Å². The molecule has 2 heterocycles. The van der Waals surface area contributed by atoms with E-state index in [0.29, 0.717) is 6.54 Å². The minimum Gasteiger partial charge on any atom is -0.467 e. The first-order valence-corrected chi connectivity index (χ1v) is 6.68. The van der Waals surface area contributed by atoms with E-state index in [1.54, 1.807) is 12.3 Å². The van der Waals surface area contributed by atoms with Crippen molar-refractivity contribution >= 4 is 5.91 Å². The number of furan rings is 1. The Morgan fingerprint density at radius 2 is 2.53 bits per heavy atom. The van der Waals surface area contributed by atoms with E-state index < -0.39 is 0 Å². The minimum atomic E-state index is -0.278. The lowest BCUT2D eigenvalue weighted by Gasteiger charge is -2.35. The van der Waals surface area contributed by atoms with Crippen molar-refractivity contribution < 1.29 is 9.21 Å². The highest BCUT2D eigenvalue weighted by atomic mass is 16.3. The summed E-state index contributed by atoms with van der Waals surface area (Å²) in [5.74, 6) is 0.676. The molecule has 102 valence electrons. The molecule has 1 aromatic heterocycles. The van der Waals surface area contributed by atoms with Crippen LogP contribution in [-0.4, -0.2) is 29.4 Å². The second-order valence-electron chi connectivity index (χ2n) is 4.85. The first-order valence-electron chi connectivity index (χ1n) is 6.68. The molecule has 19 heavy (non-hydrogen) atoms. The molecule has 1 aromatic rings. The van der Waals surface area contributed by atoms with Crippen molar-refractivity contribution in [3.63, 3.8) is 0 Å². The van der Waals surface area contributed by atoms with E-state index >= 15 is 0 Å². The maximum absolute atomic E-state index is 12.1. The molecule has 0 radical (unpaired) electrons. The highest BCUT2D eigenvalue weighted by molar-refractivity contribution is 5.81. The fraction of sp³-hybridized carbons (Fsp3) is 0.571. The molecule has 0 aromatic carbocycles. The highest BCUT2D eigenvalue weighted by Crippen LogP contribution is 2.19. The second-order valence-corrected chi connectivity index (χ2v) is 4.85. The lowest BCUT2D eigenvalue weighted by Crippen LogP contribution is -2.51. The maximum atomic E-state index is 12.1. The molecule has 1 fully saturated rings. The molecule has 1 aliphatic rings. The summed E-state index contributed by atoms with van der Waals surface area (Å²) >= 11 is 0. The number of likely N-dealkylation sites (tertiary alicyclic amines) is 1. The number of nitrogens with one attached hydrogen (secondary N) is 1. The number of hydrogen-bond acceptors (Lipinski definition) is 4. The van der Waals surface area contributed by atoms with Gasteiger partial charge < -0.3 is 9.73 Å². The molecule has 0 spiro atoms. The number of piperidine rings is 1. The van der Waals surface area contributed by atoms with Gasteiger partial charge in [-0.3, -0.25) is 9.69 Å². The molecule has 0 bridgehead atoms. The predicted molar refractivity (Wildman–Crippen MR) is 70.0 cm³/mol. The van der Waals surface area contributed by atoms with Gasteiger partial charge in [0.2, 0.25) is 5.91 Å². The van der Waals surface area contributed by atoms with Crippen molar-refractivity contribution in [1.29, 1.82) is 5.26 Å². The minimum absolute atomic E-state index is 0.0569. The van der Waals surface area contributed by atoms with Crippen LogP contribution in [0.2, 0.25) is 0 Å². The van der Waals surface area contributed by atoms with Gasteiger partial charge in [-0.2, -0.15) is 5.26 Å². The molecule has 2 unspecified atom stereocenters. The standard InChI is InChI=1S/C14H19N3O2/c1-11(17-7-3-2-5-12(17)9-15)14(18)16-10-13-6-4-8-19-13/h4,6,8,11-12H,2-3,5,7,10H2,1H3,(H,16,18). The third-order valence-corrected chi connectivity index (χ3v) is 3.59. The third-order valence-electron chi connectivity index (χ3n) is 3.59. The van der Waals surface area contributed by atoms with Crippen LogP contribution in [0.4, 0.5) is 0 Å². The van der Waals surface area contributed by atoms with Gasteiger partial charge in [-0.05, 0) is 38.3 Å². The van der Waals surface area contributed by atoms with Crippen molar-refractivity contribution in [2.75, 3.05) is 6.54 Å². The quantitative estimate of drug-likeness (QED) is 0.895. The molecule has 5 heteroatoms. The largest absolute Gasteiger partial charge is 0.467 e. The Kier molecular flexibility index (Phi) is 4.58. The van der Waals surface area contributed by atoms with E-state index in [4.69, 9.17) is 9.68 Å². The van der Waals surface area contributed by atoms with Gasteiger partial charge in [0, 0.05) is 6.54 Å². The number of carbonyl (C=O) groups is 1. The van der Waals surface area contributed by atoms with E-state index in [9.17, 15) is 4.79 Å². The molecule has 0 aliphatic carbocycles. The summed E-state index contributed by atoms with van der Waals surface area (Å²) in [6.45, 7) is 3.06. The van der Waals surface area contributed by atoms with Crippen LogP contribution in [0.1, 0.15) is 31.9 Å². The van der Waals surface area contributed by atoms with Gasteiger partial charge in [-0.1, -0.05) is 0 Å². The van der Waals surface area contributed by atoms with E-state index in [1.807, 2.05) is 17.9 Å². The fourth-order valence-electron chi connectivity index (χ4n) is 2.44. The Balaban J connectivity index is 1.89. The maximum Gasteiger partial charge on any atom is 0.237 e. The predicted octanol–water partition coefficient (Wildman–Crippen LogP) is 1.66. The van der Waals surface area contributed by atoms with Crippen molar-refractivity contribution in [2.24, 2.45) is 0 Å². The second kappa shape index (κ2) is 6.39. The molecule has 5 nitrogen and oxygen atoms in total. The molecule has 1 saturated heterocycles. The lowest BCUT2D eigenvalue weighted by atomic mass is 10.0. The van der Waals surface area contributed by atoms with Gasteiger partial charge in [0.25, 0.3) is 0 Å². The van der Waals surface area contributed by atoms with Gasteiger partial charge in [0.15, 0.2) is 0 Å². The van der Waals surface area contributed by atoms with E-state index in [0.717, 1.165) is 31.6 Å². The van der Waals surface area contributed by atoms with Gasteiger partial charge in [0.1, 0.15) is 5.76 Å². The van der Waals surface area contributed by atoms with Gasteiger partial charge >= 0.3 is 0 Å². The number of amides is 1. The lowest BCUT2D eigenvalue weighted by molar-refractivity contribution is -0.127. The Labute approximate surface area is 113 Å². The monoisotopic (exact) mass is 261 g/mol.